The summed E-state index contributed by atoms with van der Waals surface area (Å²) < 4.78 is 39.0. The Morgan fingerprint density at radius 2 is 1.74 bits per heavy atom. The molecule has 0 bridgehead atoms. The van der Waals surface area contributed by atoms with E-state index in [1.165, 1.54) is 19.1 Å². The van der Waals surface area contributed by atoms with Gasteiger partial charge in [-0.25, -0.2) is 0 Å². The number of carbonyl (C=O) groups is 1. The number of nitrogens with zero attached hydrogens (tertiary/aromatic N) is 1. The van der Waals surface area contributed by atoms with E-state index in [4.69, 9.17) is 9.47 Å². The molecule has 0 amide bonds. The lowest BCUT2D eigenvalue weighted by Gasteiger charge is -2.34. The summed E-state index contributed by atoms with van der Waals surface area (Å²) in [6.07, 6.45) is -0.642. The second kappa shape index (κ2) is 7.82. The zero-order valence-electron chi connectivity index (χ0n) is 14.7. The van der Waals surface area contributed by atoms with Gasteiger partial charge in [-0.15, -0.1) is 0 Å². The number of carbonyl (C=O) groups excluding carboxylic acids is 1. The van der Waals surface area contributed by atoms with Gasteiger partial charge in [0.05, 0.1) is 14.2 Å². The van der Waals surface area contributed by atoms with E-state index < -0.39 is 29.1 Å². The van der Waals surface area contributed by atoms with Crippen molar-refractivity contribution >= 4 is 27.6 Å². The van der Waals surface area contributed by atoms with E-state index in [-0.39, 0.29) is 0 Å². The van der Waals surface area contributed by atoms with Gasteiger partial charge in [0, 0.05) is 5.69 Å². The van der Waals surface area contributed by atoms with Gasteiger partial charge in [0.2, 0.25) is 0 Å². The van der Waals surface area contributed by atoms with E-state index in [1.807, 2.05) is 30.3 Å². The van der Waals surface area contributed by atoms with Crippen LogP contribution < -0.4 is 15.0 Å². The SMILES string of the molecule is COC(=O)[C@@H]1N[C@@H](c2ccccc2)N(c2ccc(OC)cc2)[C@H]1C(F)(F)Br. The summed E-state index contributed by atoms with van der Waals surface area (Å²) >= 11 is 2.46. The van der Waals surface area contributed by atoms with Gasteiger partial charge in [0.15, 0.2) is 0 Å². The molecule has 0 aromatic heterocycles. The quantitative estimate of drug-likeness (QED) is 0.567. The van der Waals surface area contributed by atoms with Crippen LogP contribution in [0.3, 0.4) is 0 Å². The molecule has 2 aromatic carbocycles. The average Bonchev–Trinajstić information content (AvgIpc) is 3.09. The molecule has 5 nitrogen and oxygen atoms in total. The molecule has 1 fully saturated rings. The topological polar surface area (TPSA) is 50.8 Å². The number of methoxy groups -OCH3 is 2. The minimum Gasteiger partial charge on any atom is -0.497 e. The molecule has 8 heteroatoms. The first-order valence-corrected chi connectivity index (χ1v) is 9.04. The molecule has 3 atom stereocenters. The molecule has 0 unspecified atom stereocenters. The summed E-state index contributed by atoms with van der Waals surface area (Å²) in [6.45, 7) is 0. The Morgan fingerprint density at radius 1 is 1.11 bits per heavy atom. The summed E-state index contributed by atoms with van der Waals surface area (Å²) in [4.78, 5) is 10.4. The van der Waals surface area contributed by atoms with Crippen LogP contribution in [0.4, 0.5) is 14.5 Å². The number of hydrogen-bond acceptors (Lipinski definition) is 5. The molecule has 1 heterocycles. The van der Waals surface area contributed by atoms with Gasteiger partial charge in [0.25, 0.3) is 0 Å². The van der Waals surface area contributed by atoms with E-state index >= 15 is 0 Å². The summed E-state index contributed by atoms with van der Waals surface area (Å²) in [5.74, 6) is -0.148. The van der Waals surface area contributed by atoms with Gasteiger partial charge in [-0.1, -0.05) is 30.3 Å². The Morgan fingerprint density at radius 3 is 2.26 bits per heavy atom. The molecule has 0 aliphatic carbocycles. The van der Waals surface area contributed by atoms with E-state index in [9.17, 15) is 13.6 Å². The summed E-state index contributed by atoms with van der Waals surface area (Å²) in [7, 11) is 2.71. The predicted molar refractivity (Wildman–Crippen MR) is 101 cm³/mol. The second-order valence-electron chi connectivity index (χ2n) is 6.07. The van der Waals surface area contributed by atoms with Crippen LogP contribution in [0.15, 0.2) is 54.6 Å². The smallest absolute Gasteiger partial charge is 0.325 e. The zero-order chi connectivity index (χ0) is 19.6. The van der Waals surface area contributed by atoms with Crippen LogP contribution in [0.25, 0.3) is 0 Å². The van der Waals surface area contributed by atoms with Crippen LogP contribution in [0.5, 0.6) is 5.75 Å². The lowest BCUT2D eigenvalue weighted by Crippen LogP contribution is -2.50. The van der Waals surface area contributed by atoms with Gasteiger partial charge >= 0.3 is 10.8 Å². The van der Waals surface area contributed by atoms with E-state index in [1.54, 1.807) is 24.3 Å². The second-order valence-corrected chi connectivity index (χ2v) is 7.13. The van der Waals surface area contributed by atoms with Crippen molar-refractivity contribution in [3.8, 4) is 5.75 Å². The Kier molecular flexibility index (Phi) is 5.67. The van der Waals surface area contributed by atoms with Crippen LogP contribution in [-0.2, 0) is 9.53 Å². The van der Waals surface area contributed by atoms with Crippen molar-refractivity contribution in [2.75, 3.05) is 19.1 Å². The number of nitrogens with one attached hydrogen (secondary N) is 1. The van der Waals surface area contributed by atoms with Crippen molar-refractivity contribution < 1.29 is 23.0 Å². The monoisotopic (exact) mass is 440 g/mol. The third-order valence-electron chi connectivity index (χ3n) is 4.51. The minimum absolute atomic E-state index is 0.521. The summed E-state index contributed by atoms with van der Waals surface area (Å²) in [5.41, 5.74) is 1.27. The van der Waals surface area contributed by atoms with Crippen molar-refractivity contribution in [3.05, 3.63) is 60.2 Å². The van der Waals surface area contributed by atoms with Gasteiger partial charge in [-0.2, -0.15) is 8.78 Å². The Balaban J connectivity index is 2.11. The molecule has 0 spiro atoms. The molecule has 27 heavy (non-hydrogen) atoms. The first kappa shape index (κ1) is 19.6. The number of anilines is 1. The van der Waals surface area contributed by atoms with Crippen LogP contribution in [0.1, 0.15) is 11.7 Å². The van der Waals surface area contributed by atoms with Crippen LogP contribution in [0, 0.1) is 0 Å². The first-order chi connectivity index (χ1) is 12.9. The third kappa shape index (κ3) is 3.91. The molecule has 3 rings (SSSR count). The van der Waals surface area contributed by atoms with E-state index in [0.717, 1.165) is 5.56 Å². The number of hydrogen-bond donors (Lipinski definition) is 1. The number of rotatable bonds is 5. The molecule has 1 aliphatic heterocycles. The number of halogens is 3. The fourth-order valence-corrected chi connectivity index (χ4v) is 3.77. The molecular formula is C19H19BrF2N2O3. The minimum atomic E-state index is -3.34. The number of benzene rings is 2. The summed E-state index contributed by atoms with van der Waals surface area (Å²) in [6, 6.07) is 13.1. The Bertz CT molecular complexity index is 784. The fraction of sp³-hybridized carbons (Fsp3) is 0.316. The normalized spacial score (nSPS) is 22.6. The van der Waals surface area contributed by atoms with Gasteiger partial charge in [-0.3, -0.25) is 10.1 Å². The lowest BCUT2D eigenvalue weighted by atomic mass is 10.1. The van der Waals surface area contributed by atoms with E-state index in [2.05, 4.69) is 21.2 Å². The van der Waals surface area contributed by atoms with Gasteiger partial charge in [-0.05, 0) is 45.8 Å². The first-order valence-electron chi connectivity index (χ1n) is 8.24. The molecule has 144 valence electrons. The highest BCUT2D eigenvalue weighted by Crippen LogP contribution is 2.43. The molecule has 0 radical (unpaired) electrons. The van der Waals surface area contributed by atoms with Crippen LogP contribution in [-0.4, -0.2) is 37.1 Å². The highest BCUT2D eigenvalue weighted by Gasteiger charge is 2.56. The van der Waals surface area contributed by atoms with Crippen molar-refractivity contribution in [2.24, 2.45) is 0 Å². The molecule has 1 N–H and O–H groups in total. The average molecular weight is 441 g/mol. The molecular weight excluding hydrogens is 422 g/mol. The molecule has 0 saturated carbocycles. The van der Waals surface area contributed by atoms with Crippen molar-refractivity contribution in [2.45, 2.75) is 23.1 Å². The van der Waals surface area contributed by atoms with Crippen LogP contribution in [0.2, 0.25) is 0 Å². The maximum Gasteiger partial charge on any atom is 0.325 e. The van der Waals surface area contributed by atoms with Crippen molar-refractivity contribution in [1.29, 1.82) is 0 Å². The summed E-state index contributed by atoms with van der Waals surface area (Å²) in [5, 5.41) is 3.00. The van der Waals surface area contributed by atoms with Crippen LogP contribution >= 0.6 is 15.9 Å². The predicted octanol–water partition coefficient (Wildman–Crippen LogP) is 3.70. The van der Waals surface area contributed by atoms with Crippen molar-refractivity contribution in [1.82, 2.24) is 5.32 Å². The maximum absolute atomic E-state index is 14.5. The van der Waals surface area contributed by atoms with Crippen molar-refractivity contribution in [3.63, 3.8) is 0 Å². The largest absolute Gasteiger partial charge is 0.497 e. The highest BCUT2D eigenvalue weighted by molar-refractivity contribution is 9.10. The molecule has 1 saturated heterocycles. The fourth-order valence-electron chi connectivity index (χ4n) is 3.29. The maximum atomic E-state index is 14.5. The standard InChI is InChI=1S/C19H19BrF2N2O3/c1-26-14-10-8-13(9-11-14)24-16(19(20,21)22)15(18(25)27-2)23-17(24)12-6-4-3-5-7-12/h3-11,15-17,23H,1-2H3/t15-,16-,17-/m1/s1. The zero-order valence-corrected chi connectivity index (χ0v) is 16.3. The van der Waals surface area contributed by atoms with E-state index in [0.29, 0.717) is 11.4 Å². The molecule has 1 aliphatic rings. The Hall–Kier alpha value is -2.19. The number of esters is 1. The Labute approximate surface area is 164 Å². The molecule has 2 aromatic rings. The lowest BCUT2D eigenvalue weighted by molar-refractivity contribution is -0.144. The van der Waals surface area contributed by atoms with Gasteiger partial charge in [0.1, 0.15) is 24.0 Å². The third-order valence-corrected chi connectivity index (χ3v) is 4.98. The highest BCUT2D eigenvalue weighted by atomic mass is 79.9. The number of alkyl halides is 3. The number of ether oxygens (including phenoxy) is 2. The van der Waals surface area contributed by atoms with Gasteiger partial charge < -0.3 is 14.4 Å².